The number of hydrogen-bond acceptors (Lipinski definition) is 5. The van der Waals surface area contributed by atoms with E-state index in [0.29, 0.717) is 6.61 Å². The molecule has 1 unspecified atom stereocenters. The SMILES string of the molecule is C=CCO/N=C(\c1ccc(N2CCOCC2)cc1)C(CC)(Cc1ccccc1)N(C)C. The monoisotopic (exact) mass is 421 g/mol. The van der Waals surface area contributed by atoms with Crippen LogP contribution in [-0.4, -0.2) is 63.2 Å². The lowest BCUT2D eigenvalue weighted by atomic mass is 9.79. The highest BCUT2D eigenvalue weighted by molar-refractivity contribution is 6.07. The van der Waals surface area contributed by atoms with Crippen LogP contribution in [0.3, 0.4) is 0 Å². The van der Waals surface area contributed by atoms with E-state index in [4.69, 9.17) is 9.57 Å². The fourth-order valence-electron chi connectivity index (χ4n) is 4.21. The number of hydrogen-bond donors (Lipinski definition) is 0. The molecule has 0 aliphatic carbocycles. The lowest BCUT2D eigenvalue weighted by molar-refractivity contribution is 0.122. The maximum atomic E-state index is 5.66. The van der Waals surface area contributed by atoms with Crippen LogP contribution in [0.15, 0.2) is 72.4 Å². The number of likely N-dealkylation sites (N-methyl/N-ethyl adjacent to an activating group) is 1. The van der Waals surface area contributed by atoms with Gasteiger partial charge in [0, 0.05) is 24.3 Å². The molecule has 1 aliphatic heterocycles. The molecular formula is C26H35N3O2. The van der Waals surface area contributed by atoms with Gasteiger partial charge >= 0.3 is 0 Å². The molecule has 0 saturated carbocycles. The third-order valence-corrected chi connectivity index (χ3v) is 6.09. The van der Waals surface area contributed by atoms with Gasteiger partial charge in [-0.1, -0.05) is 67.2 Å². The number of nitrogens with zero attached hydrogens (tertiary/aromatic N) is 3. The summed E-state index contributed by atoms with van der Waals surface area (Å²) in [5, 5.41) is 4.66. The Hall–Kier alpha value is -2.63. The molecule has 5 heteroatoms. The first kappa shape index (κ1) is 23.0. The smallest absolute Gasteiger partial charge is 0.135 e. The number of morpholine rings is 1. The van der Waals surface area contributed by atoms with Crippen LogP contribution in [0.1, 0.15) is 24.5 Å². The van der Waals surface area contributed by atoms with E-state index >= 15 is 0 Å². The van der Waals surface area contributed by atoms with Crippen molar-refractivity contribution in [2.45, 2.75) is 25.3 Å². The summed E-state index contributed by atoms with van der Waals surface area (Å²) < 4.78 is 5.49. The highest BCUT2D eigenvalue weighted by atomic mass is 16.6. The van der Waals surface area contributed by atoms with E-state index in [1.54, 1.807) is 6.08 Å². The minimum absolute atomic E-state index is 0.303. The highest BCUT2D eigenvalue weighted by Gasteiger charge is 2.38. The molecule has 0 spiro atoms. The van der Waals surface area contributed by atoms with Gasteiger partial charge in [0.05, 0.1) is 18.8 Å². The summed E-state index contributed by atoms with van der Waals surface area (Å²) in [6.07, 6.45) is 3.47. The van der Waals surface area contributed by atoms with E-state index in [0.717, 1.165) is 50.4 Å². The van der Waals surface area contributed by atoms with Gasteiger partial charge < -0.3 is 14.5 Å². The Labute approximate surface area is 186 Å². The molecule has 2 aromatic rings. The van der Waals surface area contributed by atoms with Crippen molar-refractivity contribution in [2.24, 2.45) is 5.16 Å². The second-order valence-electron chi connectivity index (χ2n) is 8.11. The van der Waals surface area contributed by atoms with Crippen molar-refractivity contribution in [3.8, 4) is 0 Å². The number of rotatable bonds is 10. The van der Waals surface area contributed by atoms with E-state index in [2.05, 4.69) is 97.2 Å². The summed E-state index contributed by atoms with van der Waals surface area (Å²) in [5.74, 6) is 0. The molecule has 1 atom stereocenters. The van der Waals surface area contributed by atoms with Gasteiger partial charge in [0.2, 0.25) is 0 Å². The minimum atomic E-state index is -0.303. The second-order valence-corrected chi connectivity index (χ2v) is 8.11. The van der Waals surface area contributed by atoms with Crippen LogP contribution in [-0.2, 0) is 16.0 Å². The van der Waals surface area contributed by atoms with Crippen molar-refractivity contribution in [1.29, 1.82) is 0 Å². The zero-order chi connectivity index (χ0) is 22.1. The zero-order valence-corrected chi connectivity index (χ0v) is 19.1. The van der Waals surface area contributed by atoms with Crippen LogP contribution in [0.2, 0.25) is 0 Å². The zero-order valence-electron chi connectivity index (χ0n) is 19.1. The van der Waals surface area contributed by atoms with E-state index < -0.39 is 0 Å². The van der Waals surface area contributed by atoms with Crippen molar-refractivity contribution in [3.05, 3.63) is 78.4 Å². The number of ether oxygens (including phenoxy) is 1. The average Bonchev–Trinajstić information content (AvgIpc) is 2.82. The Bertz CT molecular complexity index is 843. The quantitative estimate of drug-likeness (QED) is 0.247. The van der Waals surface area contributed by atoms with Gasteiger partial charge in [-0.05, 0) is 44.6 Å². The molecule has 0 aromatic heterocycles. The predicted octanol–water partition coefficient (Wildman–Crippen LogP) is 4.38. The van der Waals surface area contributed by atoms with E-state index in [1.807, 2.05) is 0 Å². The van der Waals surface area contributed by atoms with Crippen molar-refractivity contribution >= 4 is 11.4 Å². The molecule has 0 bridgehead atoms. The Morgan fingerprint density at radius 2 is 1.81 bits per heavy atom. The van der Waals surface area contributed by atoms with E-state index in [-0.39, 0.29) is 5.54 Å². The molecule has 0 amide bonds. The van der Waals surface area contributed by atoms with Gasteiger partial charge in [0.1, 0.15) is 12.3 Å². The van der Waals surface area contributed by atoms with Crippen LogP contribution in [0.5, 0.6) is 0 Å². The summed E-state index contributed by atoms with van der Waals surface area (Å²) in [6, 6.07) is 19.3. The molecular weight excluding hydrogens is 386 g/mol. The number of oxime groups is 1. The molecule has 1 saturated heterocycles. The van der Waals surface area contributed by atoms with E-state index in [9.17, 15) is 0 Å². The maximum absolute atomic E-state index is 5.66. The fraction of sp³-hybridized carbons (Fsp3) is 0.423. The molecule has 3 rings (SSSR count). The third-order valence-electron chi connectivity index (χ3n) is 6.09. The second kappa shape index (κ2) is 11.1. The molecule has 1 heterocycles. The van der Waals surface area contributed by atoms with Crippen LogP contribution in [0.4, 0.5) is 5.69 Å². The Balaban J connectivity index is 1.98. The molecule has 0 N–H and O–H groups in total. The average molecular weight is 422 g/mol. The number of benzene rings is 2. The van der Waals surface area contributed by atoms with Crippen LogP contribution >= 0.6 is 0 Å². The molecule has 5 nitrogen and oxygen atoms in total. The predicted molar refractivity (Wildman–Crippen MR) is 129 cm³/mol. The van der Waals surface area contributed by atoms with Gasteiger partial charge in [-0.25, -0.2) is 0 Å². The summed E-state index contributed by atoms with van der Waals surface area (Å²) in [4.78, 5) is 10.3. The first-order valence-electron chi connectivity index (χ1n) is 11.1. The van der Waals surface area contributed by atoms with Crippen molar-refractivity contribution in [2.75, 3.05) is 51.9 Å². The maximum Gasteiger partial charge on any atom is 0.135 e. The van der Waals surface area contributed by atoms with Gasteiger partial charge in [0.15, 0.2) is 0 Å². The molecule has 166 valence electrons. The Morgan fingerprint density at radius 3 is 2.39 bits per heavy atom. The van der Waals surface area contributed by atoms with Crippen molar-refractivity contribution in [3.63, 3.8) is 0 Å². The summed E-state index contributed by atoms with van der Waals surface area (Å²) >= 11 is 0. The summed E-state index contributed by atoms with van der Waals surface area (Å²) in [6.45, 7) is 9.76. The molecule has 0 radical (unpaired) electrons. The van der Waals surface area contributed by atoms with E-state index in [1.165, 1.54) is 11.3 Å². The van der Waals surface area contributed by atoms with Gasteiger partial charge in [-0.3, -0.25) is 4.90 Å². The van der Waals surface area contributed by atoms with Crippen LogP contribution in [0.25, 0.3) is 0 Å². The van der Waals surface area contributed by atoms with Crippen LogP contribution in [0, 0.1) is 0 Å². The Kier molecular flexibility index (Phi) is 8.27. The lowest BCUT2D eigenvalue weighted by Gasteiger charge is -2.40. The first-order chi connectivity index (χ1) is 15.1. The Morgan fingerprint density at radius 1 is 1.13 bits per heavy atom. The summed E-state index contributed by atoms with van der Waals surface area (Å²) in [5.41, 5.74) is 4.21. The van der Waals surface area contributed by atoms with Gasteiger partial charge in [-0.2, -0.15) is 0 Å². The number of anilines is 1. The van der Waals surface area contributed by atoms with Crippen molar-refractivity contribution < 1.29 is 9.57 Å². The molecule has 1 aliphatic rings. The molecule has 31 heavy (non-hydrogen) atoms. The fourth-order valence-corrected chi connectivity index (χ4v) is 4.21. The molecule has 1 fully saturated rings. The van der Waals surface area contributed by atoms with Gasteiger partial charge in [0.25, 0.3) is 0 Å². The summed E-state index contributed by atoms with van der Waals surface area (Å²) in [7, 11) is 4.25. The lowest BCUT2D eigenvalue weighted by Crippen LogP contribution is -2.53. The third kappa shape index (κ3) is 5.54. The van der Waals surface area contributed by atoms with Crippen LogP contribution < -0.4 is 4.90 Å². The minimum Gasteiger partial charge on any atom is -0.391 e. The molecule has 2 aromatic carbocycles. The largest absolute Gasteiger partial charge is 0.391 e. The van der Waals surface area contributed by atoms with Gasteiger partial charge in [-0.15, -0.1) is 0 Å². The van der Waals surface area contributed by atoms with Crippen molar-refractivity contribution in [1.82, 2.24) is 4.90 Å². The topological polar surface area (TPSA) is 37.3 Å². The standard InChI is InChI=1S/C26H35N3O2/c1-5-18-31-27-25(23-12-14-24(15-13-23)29-16-19-30-20-17-29)26(6-2,28(3)4)21-22-10-8-7-9-11-22/h5,7-15H,1,6,16-21H2,2-4H3/b27-25+. The highest BCUT2D eigenvalue weighted by Crippen LogP contribution is 2.30. The first-order valence-corrected chi connectivity index (χ1v) is 11.1. The normalized spacial score (nSPS) is 16.8.